The molecule has 2 aromatic heterocycles. The Kier molecular flexibility index (Phi) is 13.0. The number of benzene rings is 2. The van der Waals surface area contributed by atoms with Crippen molar-refractivity contribution in [2.24, 2.45) is 22.7 Å². The monoisotopic (exact) mass is 632 g/mol. The largest absolute Gasteiger partial charge is 0.457 e. The van der Waals surface area contributed by atoms with Crippen molar-refractivity contribution >= 4 is 44.3 Å². The van der Waals surface area contributed by atoms with Crippen molar-refractivity contribution in [2.75, 3.05) is 17.3 Å². The summed E-state index contributed by atoms with van der Waals surface area (Å²) < 4.78 is 27.8. The molecule has 0 unspecified atom stereocenters. The Labute approximate surface area is 268 Å². The Morgan fingerprint density at radius 2 is 1.73 bits per heavy atom. The first-order valence-electron chi connectivity index (χ1n) is 15.7. The Morgan fingerprint density at radius 1 is 1.00 bits per heavy atom. The zero-order valence-corrected chi connectivity index (χ0v) is 28.9. The predicted molar refractivity (Wildman–Crippen MR) is 186 cm³/mol. The Balaban J connectivity index is 0.000000357. The van der Waals surface area contributed by atoms with E-state index in [4.69, 9.17) is 4.74 Å². The Bertz CT molecular complexity index is 1700. The number of sulfone groups is 1. The normalized spacial score (nSPS) is 16.0. The maximum Gasteiger partial charge on any atom is 0.160 e. The molecule has 1 saturated carbocycles. The maximum atomic E-state index is 10.8. The molecule has 5 rings (SSSR count). The van der Waals surface area contributed by atoms with E-state index in [1.807, 2.05) is 77.2 Å². The number of rotatable bonds is 9. The summed E-state index contributed by atoms with van der Waals surface area (Å²) in [6.45, 7) is 16.3. The molecule has 1 aliphatic rings. The van der Waals surface area contributed by atoms with E-state index in [2.05, 4.69) is 51.0 Å². The number of ether oxygens (including phenoxy) is 1. The van der Waals surface area contributed by atoms with Crippen LogP contribution in [-0.2, 0) is 9.84 Å². The number of nitrogens with zero attached hydrogens (tertiary/aromatic N) is 5. The molecule has 0 atom stereocenters. The van der Waals surface area contributed by atoms with E-state index in [-0.39, 0.29) is 0 Å². The SMILES string of the molecule is CC.CCC1CC(CS(C)(=O)=O)C1.Cc1ncc2ncnc(Nc3ccc(Oc4ccc(C)c(N=CC(C)C)c4)c(C)c3)c2n1. The number of fused-ring (bicyclic) bond motifs is 1. The molecule has 242 valence electrons. The van der Waals surface area contributed by atoms with Gasteiger partial charge in [0.15, 0.2) is 5.82 Å². The van der Waals surface area contributed by atoms with E-state index >= 15 is 0 Å². The lowest BCUT2D eigenvalue weighted by molar-refractivity contribution is 0.208. The first kappa shape index (κ1) is 35.6. The lowest BCUT2D eigenvalue weighted by atomic mass is 9.75. The van der Waals surface area contributed by atoms with Crippen LogP contribution < -0.4 is 10.1 Å². The minimum absolute atomic E-state index is 0.392. The van der Waals surface area contributed by atoms with Crippen molar-refractivity contribution in [1.82, 2.24) is 19.9 Å². The molecule has 2 heterocycles. The highest BCUT2D eigenvalue weighted by Gasteiger charge is 2.29. The number of hydrogen-bond acceptors (Lipinski definition) is 9. The van der Waals surface area contributed by atoms with Gasteiger partial charge in [-0.3, -0.25) is 4.99 Å². The maximum absolute atomic E-state index is 10.8. The standard InChI is InChI=1S/C25H26N6O.C8H16O2S.C2H6/c1-15(2)12-27-21-11-20(8-6-16(21)3)32-23-9-7-19(10-17(23)4)31-25-24-22(28-14-29-25)13-26-18(5)30-24;1-3-7-4-8(5-7)6-11(2,9)10;1-2/h6-15H,1-5H3,(H,28,29,31);7-8H,3-6H2,1-2H3;1-2H3. The van der Waals surface area contributed by atoms with Gasteiger partial charge in [0.1, 0.15) is 44.5 Å². The molecule has 10 heteroatoms. The summed E-state index contributed by atoms with van der Waals surface area (Å²) in [5.41, 5.74) is 5.29. The van der Waals surface area contributed by atoms with Crippen LogP contribution in [0.4, 0.5) is 17.2 Å². The highest BCUT2D eigenvalue weighted by atomic mass is 32.2. The number of hydrogen-bond donors (Lipinski definition) is 1. The Morgan fingerprint density at radius 3 is 2.38 bits per heavy atom. The second kappa shape index (κ2) is 16.4. The average molecular weight is 633 g/mol. The third-order valence-corrected chi connectivity index (χ3v) is 8.38. The van der Waals surface area contributed by atoms with Gasteiger partial charge < -0.3 is 10.1 Å². The first-order chi connectivity index (χ1) is 21.4. The number of aliphatic imine (C=N–C) groups is 1. The third-order valence-electron chi connectivity index (χ3n) is 7.30. The fourth-order valence-electron chi connectivity index (χ4n) is 4.93. The zero-order chi connectivity index (χ0) is 33.1. The van der Waals surface area contributed by atoms with Gasteiger partial charge in [-0.1, -0.05) is 47.1 Å². The van der Waals surface area contributed by atoms with E-state index in [0.29, 0.717) is 40.3 Å². The van der Waals surface area contributed by atoms with Gasteiger partial charge in [-0.05, 0) is 86.8 Å². The molecule has 1 fully saturated rings. The minimum atomic E-state index is -2.72. The molecule has 0 spiro atoms. The molecule has 4 aromatic rings. The van der Waals surface area contributed by atoms with Crippen molar-refractivity contribution in [3.05, 3.63) is 65.9 Å². The van der Waals surface area contributed by atoms with Crippen LogP contribution >= 0.6 is 0 Å². The summed E-state index contributed by atoms with van der Waals surface area (Å²) in [6.07, 6.45) is 9.94. The van der Waals surface area contributed by atoms with Gasteiger partial charge in [0, 0.05) is 24.2 Å². The van der Waals surface area contributed by atoms with E-state index in [1.165, 1.54) is 19.0 Å². The van der Waals surface area contributed by atoms with Crippen LogP contribution in [0, 0.1) is 38.5 Å². The summed E-state index contributed by atoms with van der Waals surface area (Å²) in [5.74, 6) is 4.92. The lowest BCUT2D eigenvalue weighted by Gasteiger charge is -2.33. The lowest BCUT2D eigenvalue weighted by Crippen LogP contribution is -2.28. The van der Waals surface area contributed by atoms with Crippen LogP contribution in [0.5, 0.6) is 11.5 Å². The summed E-state index contributed by atoms with van der Waals surface area (Å²) >= 11 is 0. The summed E-state index contributed by atoms with van der Waals surface area (Å²) in [7, 11) is -2.72. The van der Waals surface area contributed by atoms with Gasteiger partial charge in [-0.25, -0.2) is 28.4 Å². The molecular formula is C35H48N6O3S. The fraction of sp³-hybridized carbons (Fsp3) is 0.457. The summed E-state index contributed by atoms with van der Waals surface area (Å²) in [5, 5.41) is 3.33. The first-order valence-corrected chi connectivity index (χ1v) is 17.8. The number of aromatic nitrogens is 4. The second-order valence-electron chi connectivity index (χ2n) is 11.8. The molecule has 1 N–H and O–H groups in total. The van der Waals surface area contributed by atoms with Gasteiger partial charge in [0.05, 0.1) is 17.6 Å². The quantitative estimate of drug-likeness (QED) is 0.182. The van der Waals surface area contributed by atoms with Crippen molar-refractivity contribution < 1.29 is 13.2 Å². The topological polar surface area (TPSA) is 119 Å². The van der Waals surface area contributed by atoms with Crippen LogP contribution in [0.3, 0.4) is 0 Å². The fourth-order valence-corrected chi connectivity index (χ4v) is 6.06. The van der Waals surface area contributed by atoms with Crippen molar-refractivity contribution in [2.45, 2.75) is 74.7 Å². The molecule has 0 bridgehead atoms. The number of aryl methyl sites for hydroxylation is 3. The van der Waals surface area contributed by atoms with E-state index in [1.54, 1.807) is 6.20 Å². The van der Waals surface area contributed by atoms with Gasteiger partial charge in [0.25, 0.3) is 0 Å². The molecule has 0 radical (unpaired) electrons. The molecule has 45 heavy (non-hydrogen) atoms. The molecule has 0 saturated heterocycles. The van der Waals surface area contributed by atoms with Crippen LogP contribution in [-0.4, -0.2) is 46.6 Å². The average Bonchev–Trinajstić information content (AvgIpc) is 2.97. The van der Waals surface area contributed by atoms with E-state index < -0.39 is 9.84 Å². The highest BCUT2D eigenvalue weighted by molar-refractivity contribution is 7.90. The van der Waals surface area contributed by atoms with Gasteiger partial charge in [-0.2, -0.15) is 0 Å². The van der Waals surface area contributed by atoms with Crippen molar-refractivity contribution in [3.8, 4) is 11.5 Å². The van der Waals surface area contributed by atoms with Crippen LogP contribution in [0.25, 0.3) is 11.0 Å². The minimum Gasteiger partial charge on any atom is -0.457 e. The van der Waals surface area contributed by atoms with Crippen LogP contribution in [0.2, 0.25) is 0 Å². The highest BCUT2D eigenvalue weighted by Crippen LogP contribution is 2.36. The summed E-state index contributed by atoms with van der Waals surface area (Å²) in [4.78, 5) is 21.8. The van der Waals surface area contributed by atoms with Gasteiger partial charge >= 0.3 is 0 Å². The third kappa shape index (κ3) is 10.9. The second-order valence-corrected chi connectivity index (χ2v) is 13.9. The van der Waals surface area contributed by atoms with E-state index in [0.717, 1.165) is 52.8 Å². The molecular weight excluding hydrogens is 584 g/mol. The molecule has 2 aromatic carbocycles. The smallest absolute Gasteiger partial charge is 0.160 e. The Hall–Kier alpha value is -3.92. The van der Waals surface area contributed by atoms with Gasteiger partial charge in [0.2, 0.25) is 0 Å². The van der Waals surface area contributed by atoms with E-state index in [9.17, 15) is 8.42 Å². The summed E-state index contributed by atoms with van der Waals surface area (Å²) in [6, 6.07) is 11.9. The predicted octanol–water partition coefficient (Wildman–Crippen LogP) is 8.73. The molecule has 0 aliphatic heterocycles. The zero-order valence-electron chi connectivity index (χ0n) is 28.1. The van der Waals surface area contributed by atoms with Crippen molar-refractivity contribution in [3.63, 3.8) is 0 Å². The van der Waals surface area contributed by atoms with Gasteiger partial charge in [-0.15, -0.1) is 0 Å². The molecule has 1 aliphatic carbocycles. The van der Waals surface area contributed by atoms with Crippen LogP contribution in [0.15, 0.2) is 53.9 Å². The molecule has 0 amide bonds. The molecule has 9 nitrogen and oxygen atoms in total. The number of nitrogens with one attached hydrogen (secondary N) is 1. The van der Waals surface area contributed by atoms with Crippen molar-refractivity contribution in [1.29, 1.82) is 0 Å². The number of anilines is 2. The van der Waals surface area contributed by atoms with Crippen LogP contribution in [0.1, 0.15) is 70.8 Å².